The Morgan fingerprint density at radius 3 is 2.11 bits per heavy atom. The van der Waals surface area contributed by atoms with Crippen molar-refractivity contribution in [2.45, 2.75) is 40.0 Å². The monoisotopic (exact) mass is 257 g/mol. The SMILES string of the molecule is Cc1cc(F)cc(C)c1-c1cccc(C(C)(C)C)n1. The van der Waals surface area contributed by atoms with Crippen molar-refractivity contribution >= 4 is 0 Å². The average molecular weight is 257 g/mol. The molecule has 2 aromatic rings. The lowest BCUT2D eigenvalue weighted by atomic mass is 9.90. The van der Waals surface area contributed by atoms with Crippen LogP contribution in [0.3, 0.4) is 0 Å². The summed E-state index contributed by atoms with van der Waals surface area (Å²) >= 11 is 0. The van der Waals surface area contributed by atoms with Crippen LogP contribution in [-0.2, 0) is 5.41 Å². The molecule has 0 atom stereocenters. The van der Waals surface area contributed by atoms with Crippen molar-refractivity contribution in [3.05, 3.63) is 53.0 Å². The average Bonchev–Trinajstić information content (AvgIpc) is 2.26. The fourth-order valence-electron chi connectivity index (χ4n) is 2.31. The van der Waals surface area contributed by atoms with E-state index in [1.165, 1.54) is 0 Å². The van der Waals surface area contributed by atoms with Gasteiger partial charge in [0.1, 0.15) is 5.82 Å². The summed E-state index contributed by atoms with van der Waals surface area (Å²) in [6.07, 6.45) is 0. The molecule has 0 N–H and O–H groups in total. The fourth-order valence-corrected chi connectivity index (χ4v) is 2.31. The van der Waals surface area contributed by atoms with Gasteiger partial charge in [-0.25, -0.2) is 4.39 Å². The van der Waals surface area contributed by atoms with Gasteiger partial charge in [0, 0.05) is 16.7 Å². The van der Waals surface area contributed by atoms with Crippen LogP contribution in [0.1, 0.15) is 37.6 Å². The van der Waals surface area contributed by atoms with E-state index in [9.17, 15) is 4.39 Å². The van der Waals surface area contributed by atoms with Crippen LogP contribution in [0.15, 0.2) is 30.3 Å². The molecule has 0 spiro atoms. The number of hydrogen-bond donors (Lipinski definition) is 0. The topological polar surface area (TPSA) is 12.9 Å². The Balaban J connectivity index is 2.60. The highest BCUT2D eigenvalue weighted by atomic mass is 19.1. The number of nitrogens with zero attached hydrogens (tertiary/aromatic N) is 1. The molecule has 1 heterocycles. The van der Waals surface area contributed by atoms with E-state index in [2.05, 4.69) is 20.8 Å². The Bertz CT molecular complexity index is 586. The molecule has 0 aliphatic heterocycles. The van der Waals surface area contributed by atoms with Gasteiger partial charge in [0.2, 0.25) is 0 Å². The van der Waals surface area contributed by atoms with E-state index < -0.39 is 0 Å². The predicted octanol–water partition coefficient (Wildman–Crippen LogP) is 4.80. The second kappa shape index (κ2) is 4.76. The molecule has 0 saturated heterocycles. The van der Waals surface area contributed by atoms with Crippen molar-refractivity contribution in [2.24, 2.45) is 0 Å². The first-order chi connectivity index (χ1) is 8.79. The molecule has 0 aliphatic carbocycles. The lowest BCUT2D eigenvalue weighted by molar-refractivity contribution is 0.569. The van der Waals surface area contributed by atoms with Crippen LogP contribution >= 0.6 is 0 Å². The van der Waals surface area contributed by atoms with Crippen molar-refractivity contribution in [3.63, 3.8) is 0 Å². The normalized spacial score (nSPS) is 11.7. The van der Waals surface area contributed by atoms with Crippen molar-refractivity contribution in [1.82, 2.24) is 4.98 Å². The maximum Gasteiger partial charge on any atom is 0.123 e. The highest BCUT2D eigenvalue weighted by Gasteiger charge is 2.17. The van der Waals surface area contributed by atoms with E-state index in [0.29, 0.717) is 0 Å². The molecule has 0 radical (unpaired) electrons. The van der Waals surface area contributed by atoms with Crippen molar-refractivity contribution in [3.8, 4) is 11.3 Å². The van der Waals surface area contributed by atoms with Crippen molar-refractivity contribution in [2.75, 3.05) is 0 Å². The van der Waals surface area contributed by atoms with Gasteiger partial charge in [0.05, 0.1) is 5.69 Å². The maximum atomic E-state index is 13.4. The summed E-state index contributed by atoms with van der Waals surface area (Å²) in [4.78, 5) is 4.74. The largest absolute Gasteiger partial charge is 0.252 e. The standard InChI is InChI=1S/C17H20FN/c1-11-9-13(18)10-12(2)16(11)14-7-6-8-15(19-14)17(3,4)5/h6-10H,1-5H3. The predicted molar refractivity (Wildman–Crippen MR) is 77.8 cm³/mol. The van der Waals surface area contributed by atoms with E-state index >= 15 is 0 Å². The van der Waals surface area contributed by atoms with Crippen LogP contribution in [-0.4, -0.2) is 4.98 Å². The van der Waals surface area contributed by atoms with Crippen LogP contribution in [0, 0.1) is 19.7 Å². The minimum Gasteiger partial charge on any atom is -0.252 e. The van der Waals surface area contributed by atoms with E-state index in [1.807, 2.05) is 32.0 Å². The zero-order chi connectivity index (χ0) is 14.2. The van der Waals surface area contributed by atoms with Gasteiger partial charge >= 0.3 is 0 Å². The third-order valence-electron chi connectivity index (χ3n) is 3.27. The van der Waals surface area contributed by atoms with E-state index in [0.717, 1.165) is 28.1 Å². The molecule has 0 unspecified atom stereocenters. The third kappa shape index (κ3) is 2.83. The van der Waals surface area contributed by atoms with E-state index in [1.54, 1.807) is 12.1 Å². The van der Waals surface area contributed by atoms with Crippen LogP contribution in [0.2, 0.25) is 0 Å². The summed E-state index contributed by atoms with van der Waals surface area (Å²) in [6, 6.07) is 9.17. The fraction of sp³-hybridized carbons (Fsp3) is 0.353. The first-order valence-electron chi connectivity index (χ1n) is 6.53. The summed E-state index contributed by atoms with van der Waals surface area (Å²) in [5, 5.41) is 0. The number of hydrogen-bond acceptors (Lipinski definition) is 1. The molecule has 2 heteroatoms. The molecule has 2 rings (SSSR count). The Morgan fingerprint density at radius 1 is 1.00 bits per heavy atom. The number of pyridine rings is 1. The first kappa shape index (κ1) is 13.7. The maximum absolute atomic E-state index is 13.4. The lowest BCUT2D eigenvalue weighted by Crippen LogP contribution is -2.13. The molecular weight excluding hydrogens is 237 g/mol. The van der Waals surface area contributed by atoms with Crippen molar-refractivity contribution in [1.29, 1.82) is 0 Å². The highest BCUT2D eigenvalue weighted by molar-refractivity contribution is 5.67. The van der Waals surface area contributed by atoms with Gasteiger partial charge in [0.25, 0.3) is 0 Å². The van der Waals surface area contributed by atoms with Gasteiger partial charge in [0.15, 0.2) is 0 Å². The van der Waals surface area contributed by atoms with E-state index in [4.69, 9.17) is 4.98 Å². The molecule has 0 amide bonds. The van der Waals surface area contributed by atoms with Crippen LogP contribution in [0.5, 0.6) is 0 Å². The second-order valence-corrected chi connectivity index (χ2v) is 6.07. The minimum absolute atomic E-state index is 0.0118. The Labute approximate surface area is 114 Å². The second-order valence-electron chi connectivity index (χ2n) is 6.07. The summed E-state index contributed by atoms with van der Waals surface area (Å²) in [6.45, 7) is 10.3. The van der Waals surface area contributed by atoms with Gasteiger partial charge in [-0.05, 0) is 49.2 Å². The molecule has 19 heavy (non-hydrogen) atoms. The van der Waals surface area contributed by atoms with Gasteiger partial charge < -0.3 is 0 Å². The summed E-state index contributed by atoms with van der Waals surface area (Å²) in [7, 11) is 0. The van der Waals surface area contributed by atoms with Crippen molar-refractivity contribution < 1.29 is 4.39 Å². The lowest BCUT2D eigenvalue weighted by Gasteiger charge is -2.19. The minimum atomic E-state index is -0.189. The first-order valence-corrected chi connectivity index (χ1v) is 6.53. The quantitative estimate of drug-likeness (QED) is 0.715. The Kier molecular flexibility index (Phi) is 3.44. The highest BCUT2D eigenvalue weighted by Crippen LogP contribution is 2.29. The van der Waals surface area contributed by atoms with Gasteiger partial charge in [-0.15, -0.1) is 0 Å². The molecule has 0 fully saturated rings. The third-order valence-corrected chi connectivity index (χ3v) is 3.27. The smallest absolute Gasteiger partial charge is 0.123 e. The Hall–Kier alpha value is -1.70. The number of aromatic nitrogens is 1. The molecule has 1 aromatic heterocycles. The van der Waals surface area contributed by atoms with Crippen LogP contribution < -0.4 is 0 Å². The van der Waals surface area contributed by atoms with E-state index in [-0.39, 0.29) is 11.2 Å². The Morgan fingerprint density at radius 2 is 1.58 bits per heavy atom. The number of benzene rings is 1. The number of halogens is 1. The van der Waals surface area contributed by atoms with Gasteiger partial charge in [-0.3, -0.25) is 4.98 Å². The van der Waals surface area contributed by atoms with Crippen LogP contribution in [0.25, 0.3) is 11.3 Å². The zero-order valence-corrected chi connectivity index (χ0v) is 12.2. The molecule has 0 aliphatic rings. The molecule has 0 bridgehead atoms. The summed E-state index contributed by atoms with van der Waals surface area (Å²) in [5.41, 5.74) is 4.87. The summed E-state index contributed by atoms with van der Waals surface area (Å²) in [5.74, 6) is -0.189. The number of aryl methyl sites for hydroxylation is 2. The molecule has 100 valence electrons. The van der Waals surface area contributed by atoms with Gasteiger partial charge in [-0.1, -0.05) is 26.8 Å². The molecule has 1 aromatic carbocycles. The number of rotatable bonds is 1. The molecule has 0 saturated carbocycles. The zero-order valence-electron chi connectivity index (χ0n) is 12.2. The molecular formula is C17H20FN. The van der Waals surface area contributed by atoms with Crippen LogP contribution in [0.4, 0.5) is 4.39 Å². The molecule has 1 nitrogen and oxygen atoms in total. The van der Waals surface area contributed by atoms with Gasteiger partial charge in [-0.2, -0.15) is 0 Å². The summed E-state index contributed by atoms with van der Waals surface area (Å²) < 4.78 is 13.4.